The summed E-state index contributed by atoms with van der Waals surface area (Å²) in [6.45, 7) is 10.9. The average Bonchev–Trinajstić information content (AvgIpc) is 2.89. The van der Waals surface area contributed by atoms with Gasteiger partial charge in [-0.25, -0.2) is 4.79 Å². The minimum absolute atomic E-state index is 0.0154. The molecule has 2 aliphatic carbocycles. The van der Waals surface area contributed by atoms with E-state index in [4.69, 9.17) is 4.74 Å². The van der Waals surface area contributed by atoms with E-state index in [1.54, 1.807) is 12.2 Å². The molecule has 0 unspecified atom stereocenters. The first kappa shape index (κ1) is 17.4. The van der Waals surface area contributed by atoms with Gasteiger partial charge in [0, 0.05) is 5.92 Å². The second-order valence-electron chi connectivity index (χ2n) is 8.43. The quantitative estimate of drug-likeness (QED) is 0.603. The molecule has 0 aromatic heterocycles. The SMILES string of the molecule is C=C1[C@@H](O)[C@@H](O)[C@H]2C(C)(C)CCC[C@]2(C)[C@H]1/C=C/C1=CCOC1=O. The Kier molecular flexibility index (Phi) is 4.25. The molecule has 2 N–H and O–H groups in total. The molecule has 1 heterocycles. The largest absolute Gasteiger partial charge is 0.458 e. The van der Waals surface area contributed by atoms with Gasteiger partial charge in [0.15, 0.2) is 0 Å². The van der Waals surface area contributed by atoms with E-state index in [1.165, 1.54) is 0 Å². The van der Waals surface area contributed by atoms with Gasteiger partial charge in [0.2, 0.25) is 0 Å². The minimum atomic E-state index is -0.931. The highest BCUT2D eigenvalue weighted by molar-refractivity contribution is 5.93. The van der Waals surface area contributed by atoms with Crippen molar-refractivity contribution in [1.29, 1.82) is 0 Å². The predicted octanol–water partition coefficient (Wildman–Crippen LogP) is 2.77. The van der Waals surface area contributed by atoms with E-state index < -0.39 is 12.2 Å². The maximum Gasteiger partial charge on any atom is 0.338 e. The Balaban J connectivity index is 1.98. The summed E-state index contributed by atoms with van der Waals surface area (Å²) in [4.78, 5) is 11.7. The van der Waals surface area contributed by atoms with Crippen molar-refractivity contribution in [1.82, 2.24) is 0 Å². The fourth-order valence-electron chi connectivity index (χ4n) is 5.39. The third-order valence-corrected chi connectivity index (χ3v) is 6.47. The van der Waals surface area contributed by atoms with Crippen molar-refractivity contribution in [2.24, 2.45) is 22.7 Å². The molecule has 0 radical (unpaired) electrons. The Morgan fingerprint density at radius 3 is 2.62 bits per heavy atom. The number of carbonyl (C=O) groups is 1. The first-order valence-corrected chi connectivity index (χ1v) is 8.79. The Morgan fingerprint density at radius 2 is 2.00 bits per heavy atom. The molecule has 0 spiro atoms. The van der Waals surface area contributed by atoms with Gasteiger partial charge in [-0.15, -0.1) is 0 Å². The van der Waals surface area contributed by atoms with Crippen molar-refractivity contribution >= 4 is 5.97 Å². The number of cyclic esters (lactones) is 1. The van der Waals surface area contributed by atoms with Crippen molar-refractivity contribution in [2.45, 2.75) is 52.2 Å². The molecular weight excluding hydrogens is 304 g/mol. The second-order valence-corrected chi connectivity index (χ2v) is 8.43. The number of hydrogen-bond acceptors (Lipinski definition) is 4. The highest BCUT2D eigenvalue weighted by Crippen LogP contribution is 2.61. The molecule has 24 heavy (non-hydrogen) atoms. The zero-order chi connectivity index (χ0) is 17.7. The third kappa shape index (κ3) is 2.56. The molecule has 132 valence electrons. The molecule has 4 heteroatoms. The Bertz CT molecular complexity index is 615. The van der Waals surface area contributed by atoms with Crippen LogP contribution in [0.2, 0.25) is 0 Å². The van der Waals surface area contributed by atoms with E-state index >= 15 is 0 Å². The first-order valence-electron chi connectivity index (χ1n) is 8.79. The van der Waals surface area contributed by atoms with E-state index in [9.17, 15) is 15.0 Å². The molecule has 0 saturated heterocycles. The maximum atomic E-state index is 11.7. The summed E-state index contributed by atoms with van der Waals surface area (Å²) in [7, 11) is 0. The van der Waals surface area contributed by atoms with Crippen molar-refractivity contribution in [3.05, 3.63) is 36.0 Å². The summed E-state index contributed by atoms with van der Waals surface area (Å²) in [6, 6.07) is 0. The van der Waals surface area contributed by atoms with Crippen LogP contribution in [0.3, 0.4) is 0 Å². The number of aliphatic hydroxyl groups excluding tert-OH is 2. The van der Waals surface area contributed by atoms with Crippen LogP contribution < -0.4 is 0 Å². The molecule has 3 aliphatic rings. The number of ether oxygens (including phenoxy) is 1. The number of carbonyl (C=O) groups excluding carboxylic acids is 1. The Labute approximate surface area is 143 Å². The third-order valence-electron chi connectivity index (χ3n) is 6.47. The molecule has 0 amide bonds. The van der Waals surface area contributed by atoms with Crippen LogP contribution in [-0.4, -0.2) is 35.0 Å². The number of rotatable bonds is 2. The van der Waals surface area contributed by atoms with Gasteiger partial charge in [-0.2, -0.15) is 0 Å². The molecule has 2 fully saturated rings. The van der Waals surface area contributed by atoms with Crippen LogP contribution in [-0.2, 0) is 9.53 Å². The zero-order valence-electron chi connectivity index (χ0n) is 14.8. The average molecular weight is 332 g/mol. The summed E-state index contributed by atoms with van der Waals surface area (Å²) in [5.41, 5.74) is 0.962. The van der Waals surface area contributed by atoms with Gasteiger partial charge in [-0.05, 0) is 41.2 Å². The molecule has 0 aromatic carbocycles. The van der Waals surface area contributed by atoms with Crippen LogP contribution in [0.5, 0.6) is 0 Å². The molecule has 3 rings (SSSR count). The normalized spacial score (nSPS) is 42.0. The minimum Gasteiger partial charge on any atom is -0.458 e. The smallest absolute Gasteiger partial charge is 0.338 e. The standard InChI is InChI=1S/C20H28O4/c1-12-14(7-6-13-8-11-24-18(13)23)20(4)10-5-9-19(2,3)17(20)16(22)15(12)21/h6-8,14-17,21-22H,1,5,9-11H2,2-4H3/b7-6+/t14-,15+,16+,17-,20+/m0/s1. The van der Waals surface area contributed by atoms with Gasteiger partial charge in [0.1, 0.15) is 12.7 Å². The molecule has 0 aromatic rings. The highest BCUT2D eigenvalue weighted by Gasteiger charge is 2.58. The summed E-state index contributed by atoms with van der Waals surface area (Å²) >= 11 is 0. The van der Waals surface area contributed by atoms with E-state index in [2.05, 4.69) is 27.4 Å². The molecule has 2 saturated carbocycles. The second kappa shape index (κ2) is 5.85. The van der Waals surface area contributed by atoms with Crippen molar-refractivity contribution in [3.8, 4) is 0 Å². The van der Waals surface area contributed by atoms with Crippen LogP contribution in [0, 0.1) is 22.7 Å². The molecular formula is C20H28O4. The zero-order valence-corrected chi connectivity index (χ0v) is 14.8. The molecule has 5 atom stereocenters. The van der Waals surface area contributed by atoms with E-state index in [0.29, 0.717) is 17.8 Å². The lowest BCUT2D eigenvalue weighted by atomic mass is 9.46. The van der Waals surface area contributed by atoms with Gasteiger partial charge < -0.3 is 14.9 Å². The first-order chi connectivity index (χ1) is 11.2. The number of aliphatic hydroxyl groups is 2. The van der Waals surface area contributed by atoms with Gasteiger partial charge in [0.05, 0.1) is 11.7 Å². The van der Waals surface area contributed by atoms with Crippen LogP contribution in [0.4, 0.5) is 0 Å². The van der Waals surface area contributed by atoms with Crippen LogP contribution in [0.25, 0.3) is 0 Å². The lowest BCUT2D eigenvalue weighted by Gasteiger charge is -2.60. The van der Waals surface area contributed by atoms with Gasteiger partial charge in [-0.1, -0.05) is 45.9 Å². The summed E-state index contributed by atoms with van der Waals surface area (Å²) in [5.74, 6) is -0.396. The van der Waals surface area contributed by atoms with Crippen LogP contribution in [0.15, 0.2) is 36.0 Å². The number of fused-ring (bicyclic) bond motifs is 1. The number of hydrogen-bond donors (Lipinski definition) is 2. The topological polar surface area (TPSA) is 66.8 Å². The fraction of sp³-hybridized carbons (Fsp3) is 0.650. The van der Waals surface area contributed by atoms with Gasteiger partial charge in [0.25, 0.3) is 0 Å². The maximum absolute atomic E-state index is 11.7. The number of allylic oxidation sites excluding steroid dienone is 1. The summed E-state index contributed by atoms with van der Waals surface area (Å²) < 4.78 is 4.94. The predicted molar refractivity (Wildman–Crippen MR) is 92.1 cm³/mol. The number of esters is 1. The van der Waals surface area contributed by atoms with Gasteiger partial charge >= 0.3 is 5.97 Å². The summed E-state index contributed by atoms with van der Waals surface area (Å²) in [6.07, 6.45) is 6.91. The monoisotopic (exact) mass is 332 g/mol. The molecule has 1 aliphatic heterocycles. The van der Waals surface area contributed by atoms with Crippen molar-refractivity contribution in [2.75, 3.05) is 6.61 Å². The van der Waals surface area contributed by atoms with E-state index in [1.807, 2.05) is 6.08 Å². The lowest BCUT2D eigenvalue weighted by Crippen LogP contribution is -2.59. The Morgan fingerprint density at radius 1 is 1.29 bits per heavy atom. The Hall–Kier alpha value is -1.39. The molecule has 4 nitrogen and oxygen atoms in total. The lowest BCUT2D eigenvalue weighted by molar-refractivity contribution is -0.151. The highest BCUT2D eigenvalue weighted by atomic mass is 16.5. The van der Waals surface area contributed by atoms with E-state index in [-0.39, 0.29) is 28.6 Å². The van der Waals surface area contributed by atoms with Gasteiger partial charge in [-0.3, -0.25) is 0 Å². The summed E-state index contributed by atoms with van der Waals surface area (Å²) in [5, 5.41) is 21.3. The molecule has 0 bridgehead atoms. The fourth-order valence-corrected chi connectivity index (χ4v) is 5.39. The van der Waals surface area contributed by atoms with Crippen molar-refractivity contribution in [3.63, 3.8) is 0 Å². The van der Waals surface area contributed by atoms with Crippen LogP contribution >= 0.6 is 0 Å². The van der Waals surface area contributed by atoms with E-state index in [0.717, 1.165) is 19.3 Å². The van der Waals surface area contributed by atoms with Crippen LogP contribution in [0.1, 0.15) is 40.0 Å². The van der Waals surface area contributed by atoms with Crippen molar-refractivity contribution < 1.29 is 19.7 Å².